The summed E-state index contributed by atoms with van der Waals surface area (Å²) in [5, 5.41) is 3.25. The number of imidazole rings is 1. The van der Waals surface area contributed by atoms with E-state index in [4.69, 9.17) is 0 Å². The largest absolute Gasteiger partial charge is 0.385 e. The number of hydrogen-bond donors (Lipinski definition) is 2. The topological polar surface area (TPSA) is 76.0 Å². The fraction of sp³-hybridized carbons (Fsp3) is 0.357. The van der Waals surface area contributed by atoms with E-state index in [1.165, 1.54) is 0 Å². The highest BCUT2D eigenvalue weighted by molar-refractivity contribution is 7.89. The summed E-state index contributed by atoms with van der Waals surface area (Å²) in [5.74, 6) is 0. The van der Waals surface area contributed by atoms with Gasteiger partial charge in [0, 0.05) is 37.7 Å². The maximum atomic E-state index is 12.5. The number of fused-ring (bicyclic) bond motifs is 1. The molecule has 0 saturated heterocycles. The standard InChI is InChI=1S/C14H18N4O2S/c19-21(20,17-8-10-18-9-7-15-11-18)14-5-1-4-13-12(14)3-2-6-16-13/h1,4-5,7,9,11,16-17H,2-3,6,8,10H2. The second kappa shape index (κ2) is 5.87. The van der Waals surface area contributed by atoms with Gasteiger partial charge in [-0.15, -0.1) is 0 Å². The van der Waals surface area contributed by atoms with Gasteiger partial charge in [-0.1, -0.05) is 6.07 Å². The second-order valence-corrected chi connectivity index (χ2v) is 6.75. The van der Waals surface area contributed by atoms with E-state index in [-0.39, 0.29) is 0 Å². The number of sulfonamides is 1. The lowest BCUT2D eigenvalue weighted by molar-refractivity contribution is 0.571. The third-order valence-electron chi connectivity index (χ3n) is 3.56. The minimum absolute atomic E-state index is 0.343. The molecule has 0 amide bonds. The Kier molecular flexibility index (Phi) is 3.94. The Morgan fingerprint density at radius 2 is 2.29 bits per heavy atom. The van der Waals surface area contributed by atoms with Crippen molar-refractivity contribution in [3.63, 3.8) is 0 Å². The molecular formula is C14H18N4O2S. The Balaban J connectivity index is 1.75. The van der Waals surface area contributed by atoms with Crippen molar-refractivity contribution >= 4 is 15.7 Å². The molecule has 2 heterocycles. The third-order valence-corrected chi connectivity index (χ3v) is 5.11. The van der Waals surface area contributed by atoms with Crippen molar-refractivity contribution < 1.29 is 8.42 Å². The summed E-state index contributed by atoms with van der Waals surface area (Å²) >= 11 is 0. The lowest BCUT2D eigenvalue weighted by atomic mass is 10.0. The van der Waals surface area contributed by atoms with Gasteiger partial charge in [0.2, 0.25) is 10.0 Å². The van der Waals surface area contributed by atoms with E-state index >= 15 is 0 Å². The zero-order chi connectivity index (χ0) is 14.7. The number of hydrogen-bond acceptors (Lipinski definition) is 4. The van der Waals surface area contributed by atoms with Crippen LogP contribution in [0.15, 0.2) is 41.8 Å². The van der Waals surface area contributed by atoms with E-state index in [9.17, 15) is 8.42 Å². The van der Waals surface area contributed by atoms with E-state index in [0.717, 1.165) is 30.6 Å². The quantitative estimate of drug-likeness (QED) is 0.871. The molecule has 112 valence electrons. The average molecular weight is 306 g/mol. The molecule has 3 rings (SSSR count). The Labute approximate surface area is 124 Å². The van der Waals surface area contributed by atoms with Crippen molar-refractivity contribution in [1.29, 1.82) is 0 Å². The van der Waals surface area contributed by atoms with Gasteiger partial charge in [-0.25, -0.2) is 18.1 Å². The minimum atomic E-state index is -3.48. The molecule has 0 saturated carbocycles. The van der Waals surface area contributed by atoms with Gasteiger partial charge in [0.25, 0.3) is 0 Å². The molecule has 2 N–H and O–H groups in total. The van der Waals surface area contributed by atoms with Gasteiger partial charge in [0.1, 0.15) is 0 Å². The van der Waals surface area contributed by atoms with Crippen LogP contribution in [0.25, 0.3) is 0 Å². The fourth-order valence-corrected chi connectivity index (χ4v) is 3.84. The summed E-state index contributed by atoms with van der Waals surface area (Å²) in [6.07, 6.45) is 6.90. The van der Waals surface area contributed by atoms with Gasteiger partial charge < -0.3 is 9.88 Å². The normalized spacial score (nSPS) is 14.5. The molecule has 0 radical (unpaired) electrons. The highest BCUT2D eigenvalue weighted by atomic mass is 32.2. The van der Waals surface area contributed by atoms with Crippen molar-refractivity contribution in [1.82, 2.24) is 14.3 Å². The fourth-order valence-electron chi connectivity index (χ4n) is 2.53. The smallest absolute Gasteiger partial charge is 0.240 e. The molecule has 0 bridgehead atoms. The molecule has 0 spiro atoms. The second-order valence-electron chi connectivity index (χ2n) is 5.01. The zero-order valence-electron chi connectivity index (χ0n) is 11.6. The van der Waals surface area contributed by atoms with Gasteiger partial charge in [-0.2, -0.15) is 0 Å². The lowest BCUT2D eigenvalue weighted by Crippen LogP contribution is -2.29. The molecular weight excluding hydrogens is 288 g/mol. The van der Waals surface area contributed by atoms with E-state index in [0.29, 0.717) is 18.0 Å². The van der Waals surface area contributed by atoms with Crippen molar-refractivity contribution in [2.75, 3.05) is 18.4 Å². The van der Waals surface area contributed by atoms with Gasteiger partial charge in [0.05, 0.1) is 11.2 Å². The molecule has 7 heteroatoms. The number of rotatable bonds is 5. The molecule has 0 atom stereocenters. The summed E-state index contributed by atoms with van der Waals surface area (Å²) in [5.41, 5.74) is 1.82. The maximum absolute atomic E-state index is 12.5. The molecule has 0 unspecified atom stereocenters. The number of nitrogens with zero attached hydrogens (tertiary/aromatic N) is 2. The lowest BCUT2D eigenvalue weighted by Gasteiger charge is -2.21. The van der Waals surface area contributed by atoms with Crippen LogP contribution >= 0.6 is 0 Å². The number of aromatic nitrogens is 2. The molecule has 2 aromatic rings. The van der Waals surface area contributed by atoms with Gasteiger partial charge in [-0.05, 0) is 30.5 Å². The third kappa shape index (κ3) is 3.08. The molecule has 0 fully saturated rings. The van der Waals surface area contributed by atoms with Crippen LogP contribution in [0.5, 0.6) is 0 Å². The summed E-state index contributed by atoms with van der Waals surface area (Å²) < 4.78 is 29.4. The summed E-state index contributed by atoms with van der Waals surface area (Å²) in [6.45, 7) is 1.80. The molecule has 1 aliphatic rings. The van der Waals surface area contributed by atoms with Crippen LogP contribution in [0, 0.1) is 0 Å². The Morgan fingerprint density at radius 1 is 1.38 bits per heavy atom. The van der Waals surface area contributed by atoms with Crippen LogP contribution in [-0.4, -0.2) is 31.1 Å². The first-order valence-electron chi connectivity index (χ1n) is 6.98. The molecule has 0 aliphatic carbocycles. The van der Waals surface area contributed by atoms with Crippen LogP contribution in [0.2, 0.25) is 0 Å². The van der Waals surface area contributed by atoms with Crippen molar-refractivity contribution in [2.45, 2.75) is 24.3 Å². The van der Waals surface area contributed by atoms with Gasteiger partial charge in [0.15, 0.2) is 0 Å². The SMILES string of the molecule is O=S(=O)(NCCn1ccnc1)c1cccc2c1CCCN2. The summed E-state index contributed by atoms with van der Waals surface area (Å²) in [7, 11) is -3.48. The van der Waals surface area contributed by atoms with Crippen LogP contribution in [0.4, 0.5) is 5.69 Å². The Bertz CT molecular complexity index is 711. The van der Waals surface area contributed by atoms with Gasteiger partial charge >= 0.3 is 0 Å². The highest BCUT2D eigenvalue weighted by Crippen LogP contribution is 2.28. The van der Waals surface area contributed by atoms with Crippen molar-refractivity contribution in [3.8, 4) is 0 Å². The molecule has 21 heavy (non-hydrogen) atoms. The predicted octanol–water partition coefficient (Wildman–Crippen LogP) is 1.22. The monoisotopic (exact) mass is 306 g/mol. The Hall–Kier alpha value is -1.86. The molecule has 1 aliphatic heterocycles. The number of benzene rings is 1. The zero-order valence-corrected chi connectivity index (χ0v) is 12.4. The van der Waals surface area contributed by atoms with E-state index in [1.807, 2.05) is 16.8 Å². The van der Waals surface area contributed by atoms with Crippen LogP contribution in [0.1, 0.15) is 12.0 Å². The van der Waals surface area contributed by atoms with Crippen LogP contribution in [0.3, 0.4) is 0 Å². The van der Waals surface area contributed by atoms with E-state index in [2.05, 4.69) is 15.0 Å². The number of nitrogens with one attached hydrogen (secondary N) is 2. The first-order valence-corrected chi connectivity index (χ1v) is 8.46. The number of anilines is 1. The maximum Gasteiger partial charge on any atom is 0.240 e. The minimum Gasteiger partial charge on any atom is -0.385 e. The molecule has 1 aromatic heterocycles. The summed E-state index contributed by atoms with van der Waals surface area (Å²) in [4.78, 5) is 4.32. The Morgan fingerprint density at radius 3 is 3.10 bits per heavy atom. The van der Waals surface area contributed by atoms with E-state index < -0.39 is 10.0 Å². The predicted molar refractivity (Wildman–Crippen MR) is 80.7 cm³/mol. The summed E-state index contributed by atoms with van der Waals surface area (Å²) in [6, 6.07) is 5.38. The molecule has 6 nitrogen and oxygen atoms in total. The highest BCUT2D eigenvalue weighted by Gasteiger charge is 2.21. The average Bonchev–Trinajstić information content (AvgIpc) is 3.00. The van der Waals surface area contributed by atoms with Gasteiger partial charge in [-0.3, -0.25) is 0 Å². The van der Waals surface area contributed by atoms with Crippen molar-refractivity contribution in [2.24, 2.45) is 0 Å². The van der Waals surface area contributed by atoms with Crippen molar-refractivity contribution in [3.05, 3.63) is 42.5 Å². The van der Waals surface area contributed by atoms with Crippen LogP contribution < -0.4 is 10.0 Å². The first kappa shape index (κ1) is 14.1. The molecule has 1 aromatic carbocycles. The van der Waals surface area contributed by atoms with Crippen LogP contribution in [-0.2, 0) is 23.0 Å². The first-order chi connectivity index (χ1) is 10.2. The van der Waals surface area contributed by atoms with E-state index in [1.54, 1.807) is 24.7 Å².